The lowest BCUT2D eigenvalue weighted by Gasteiger charge is -2.31. The highest BCUT2D eigenvalue weighted by Gasteiger charge is 2.29. The number of thiazole rings is 1. The standard InChI is InChI=1S/C23H24ClN5O2S/c1-15-11-25-29(12-15)13-22(30)28-8-6-16(7-9-28)23-26-20(14-32-23)19-10-21(31-27-19)17-4-2-3-5-18(17)24/h2-5,11-12,14,16,21H,6-10,13H2,1H3. The molecular weight excluding hydrogens is 446 g/mol. The Hall–Kier alpha value is -2.71. The van der Waals surface area contributed by atoms with Crippen LogP contribution in [-0.4, -0.2) is 44.4 Å². The van der Waals surface area contributed by atoms with Crippen LogP contribution >= 0.6 is 22.9 Å². The van der Waals surface area contributed by atoms with Gasteiger partial charge in [0.15, 0.2) is 6.10 Å². The van der Waals surface area contributed by atoms with Crippen molar-refractivity contribution in [2.75, 3.05) is 13.1 Å². The van der Waals surface area contributed by atoms with E-state index in [0.717, 1.165) is 53.5 Å². The smallest absolute Gasteiger partial charge is 0.244 e. The molecule has 166 valence electrons. The molecule has 0 radical (unpaired) electrons. The number of aromatic nitrogens is 3. The molecule has 1 aromatic carbocycles. The van der Waals surface area contributed by atoms with Crippen molar-refractivity contribution in [1.29, 1.82) is 0 Å². The van der Waals surface area contributed by atoms with Gasteiger partial charge in [-0.1, -0.05) is 35.0 Å². The molecule has 1 saturated heterocycles. The third-order valence-electron chi connectivity index (χ3n) is 6.00. The van der Waals surface area contributed by atoms with Gasteiger partial charge in [-0.15, -0.1) is 11.3 Å². The third-order valence-corrected chi connectivity index (χ3v) is 7.35. The van der Waals surface area contributed by atoms with Crippen LogP contribution in [0.25, 0.3) is 0 Å². The number of nitrogens with zero attached hydrogens (tertiary/aromatic N) is 5. The molecule has 32 heavy (non-hydrogen) atoms. The van der Waals surface area contributed by atoms with Crippen LogP contribution in [0.2, 0.25) is 5.02 Å². The number of rotatable bonds is 5. The van der Waals surface area contributed by atoms with E-state index in [1.165, 1.54) is 0 Å². The second kappa shape index (κ2) is 9.03. The van der Waals surface area contributed by atoms with Gasteiger partial charge in [0.2, 0.25) is 5.91 Å². The van der Waals surface area contributed by atoms with Crippen molar-refractivity contribution in [3.05, 3.63) is 68.9 Å². The summed E-state index contributed by atoms with van der Waals surface area (Å²) < 4.78 is 1.71. The molecule has 0 spiro atoms. The minimum Gasteiger partial charge on any atom is -0.387 e. The molecule has 7 nitrogen and oxygen atoms in total. The zero-order valence-corrected chi connectivity index (χ0v) is 19.3. The zero-order chi connectivity index (χ0) is 22.1. The van der Waals surface area contributed by atoms with Crippen LogP contribution < -0.4 is 0 Å². The van der Waals surface area contributed by atoms with Gasteiger partial charge in [-0.05, 0) is 31.4 Å². The molecule has 0 N–H and O–H groups in total. The van der Waals surface area contributed by atoms with Gasteiger partial charge in [0.25, 0.3) is 0 Å². The molecule has 1 amide bonds. The van der Waals surface area contributed by atoms with E-state index in [-0.39, 0.29) is 12.0 Å². The molecule has 1 fully saturated rings. The first-order chi connectivity index (χ1) is 15.6. The van der Waals surface area contributed by atoms with E-state index in [0.29, 0.717) is 23.9 Å². The number of piperidine rings is 1. The Morgan fingerprint density at radius 3 is 2.84 bits per heavy atom. The molecule has 0 aliphatic carbocycles. The summed E-state index contributed by atoms with van der Waals surface area (Å²) in [7, 11) is 0. The Kier molecular flexibility index (Phi) is 5.97. The predicted molar refractivity (Wildman–Crippen MR) is 124 cm³/mol. The van der Waals surface area contributed by atoms with Crippen LogP contribution in [0, 0.1) is 6.92 Å². The summed E-state index contributed by atoms with van der Waals surface area (Å²) in [4.78, 5) is 25.0. The number of oxime groups is 1. The summed E-state index contributed by atoms with van der Waals surface area (Å²) in [6.45, 7) is 3.77. The maximum Gasteiger partial charge on any atom is 0.244 e. The first kappa shape index (κ1) is 21.2. The Balaban J connectivity index is 1.16. The highest BCUT2D eigenvalue weighted by atomic mass is 35.5. The van der Waals surface area contributed by atoms with Crippen molar-refractivity contribution in [3.8, 4) is 0 Å². The fraction of sp³-hybridized carbons (Fsp3) is 0.391. The fourth-order valence-corrected chi connectivity index (χ4v) is 5.46. The molecule has 1 atom stereocenters. The Morgan fingerprint density at radius 1 is 1.28 bits per heavy atom. The maximum absolute atomic E-state index is 12.6. The van der Waals surface area contributed by atoms with Gasteiger partial charge < -0.3 is 9.74 Å². The number of halogens is 1. The van der Waals surface area contributed by atoms with E-state index < -0.39 is 0 Å². The summed E-state index contributed by atoms with van der Waals surface area (Å²) in [5.41, 5.74) is 3.75. The topological polar surface area (TPSA) is 72.6 Å². The molecule has 0 bridgehead atoms. The van der Waals surface area contributed by atoms with Gasteiger partial charge in [-0.25, -0.2) is 4.98 Å². The number of amides is 1. The van der Waals surface area contributed by atoms with Crippen molar-refractivity contribution < 1.29 is 9.63 Å². The molecule has 2 aromatic heterocycles. The molecule has 5 rings (SSSR count). The number of carbonyl (C=O) groups excluding carboxylic acids is 1. The summed E-state index contributed by atoms with van der Waals surface area (Å²) in [6, 6.07) is 7.70. The summed E-state index contributed by atoms with van der Waals surface area (Å²) >= 11 is 7.97. The van der Waals surface area contributed by atoms with E-state index >= 15 is 0 Å². The van der Waals surface area contributed by atoms with Gasteiger partial charge in [0.1, 0.15) is 12.3 Å². The summed E-state index contributed by atoms with van der Waals surface area (Å²) in [6.07, 6.45) is 6.00. The number of hydrogen-bond acceptors (Lipinski definition) is 6. The minimum absolute atomic E-state index is 0.120. The minimum atomic E-state index is -0.170. The lowest BCUT2D eigenvalue weighted by atomic mass is 9.97. The molecule has 4 heterocycles. The van der Waals surface area contributed by atoms with Crippen molar-refractivity contribution in [2.45, 2.75) is 44.8 Å². The number of benzene rings is 1. The predicted octanol–water partition coefficient (Wildman–Crippen LogP) is 4.57. The highest BCUT2D eigenvalue weighted by Crippen LogP contribution is 2.35. The van der Waals surface area contributed by atoms with Gasteiger partial charge in [0.05, 0.1) is 16.9 Å². The summed E-state index contributed by atoms with van der Waals surface area (Å²) in [5.74, 6) is 0.487. The molecule has 3 aromatic rings. The monoisotopic (exact) mass is 469 g/mol. The SMILES string of the molecule is Cc1cnn(CC(=O)N2CCC(c3nc(C4=NOC(c5ccccc5Cl)C4)cs3)CC2)c1. The zero-order valence-electron chi connectivity index (χ0n) is 17.8. The lowest BCUT2D eigenvalue weighted by Crippen LogP contribution is -2.39. The van der Waals surface area contributed by atoms with E-state index in [4.69, 9.17) is 21.4 Å². The van der Waals surface area contributed by atoms with E-state index in [9.17, 15) is 4.79 Å². The first-order valence-electron chi connectivity index (χ1n) is 10.8. The third kappa shape index (κ3) is 4.42. The van der Waals surface area contributed by atoms with Crippen LogP contribution in [-0.2, 0) is 16.2 Å². The van der Waals surface area contributed by atoms with E-state index in [1.54, 1.807) is 22.2 Å². The molecular formula is C23H24ClN5O2S. The first-order valence-corrected chi connectivity index (χ1v) is 12.0. The second-order valence-electron chi connectivity index (χ2n) is 8.30. The van der Waals surface area contributed by atoms with Crippen molar-refractivity contribution in [2.24, 2.45) is 5.16 Å². The quantitative estimate of drug-likeness (QED) is 0.548. The fourth-order valence-electron chi connectivity index (χ4n) is 4.21. The van der Waals surface area contributed by atoms with Gasteiger partial charge in [-0.3, -0.25) is 9.48 Å². The van der Waals surface area contributed by atoms with Crippen LogP contribution in [0.4, 0.5) is 0 Å². The Morgan fingerprint density at radius 2 is 2.09 bits per heavy atom. The molecule has 0 saturated carbocycles. The maximum atomic E-state index is 12.6. The van der Waals surface area contributed by atoms with Crippen LogP contribution in [0.15, 0.2) is 47.2 Å². The molecule has 2 aliphatic rings. The number of carbonyl (C=O) groups is 1. The summed E-state index contributed by atoms with van der Waals surface area (Å²) in [5, 5.41) is 12.4. The van der Waals surface area contributed by atoms with Crippen LogP contribution in [0.1, 0.15) is 53.1 Å². The average Bonchev–Trinajstić information content (AvgIpc) is 3.55. The highest BCUT2D eigenvalue weighted by molar-refractivity contribution is 7.10. The molecule has 2 aliphatic heterocycles. The van der Waals surface area contributed by atoms with Gasteiger partial charge >= 0.3 is 0 Å². The molecule has 1 unspecified atom stereocenters. The number of aryl methyl sites for hydroxylation is 1. The normalized spacial score (nSPS) is 19.1. The average molecular weight is 470 g/mol. The largest absolute Gasteiger partial charge is 0.387 e. The van der Waals surface area contributed by atoms with Crippen molar-refractivity contribution >= 4 is 34.6 Å². The Bertz CT molecular complexity index is 1150. The number of likely N-dealkylation sites (tertiary alicyclic amines) is 1. The van der Waals surface area contributed by atoms with E-state index in [2.05, 4.69) is 15.6 Å². The second-order valence-corrected chi connectivity index (χ2v) is 9.60. The van der Waals surface area contributed by atoms with Crippen molar-refractivity contribution in [3.63, 3.8) is 0 Å². The van der Waals surface area contributed by atoms with Crippen molar-refractivity contribution in [1.82, 2.24) is 19.7 Å². The van der Waals surface area contributed by atoms with Crippen LogP contribution in [0.3, 0.4) is 0 Å². The van der Waals surface area contributed by atoms with Crippen LogP contribution in [0.5, 0.6) is 0 Å². The van der Waals surface area contributed by atoms with Gasteiger partial charge in [-0.2, -0.15) is 5.10 Å². The van der Waals surface area contributed by atoms with Gasteiger partial charge in [0, 0.05) is 47.6 Å². The molecule has 9 heteroatoms. The lowest BCUT2D eigenvalue weighted by molar-refractivity contribution is -0.133. The Labute approximate surface area is 195 Å². The number of hydrogen-bond donors (Lipinski definition) is 0. The van der Waals surface area contributed by atoms with E-state index in [1.807, 2.05) is 42.3 Å².